The van der Waals surface area contributed by atoms with E-state index in [2.05, 4.69) is 15.5 Å². The third kappa shape index (κ3) is 4.23. The van der Waals surface area contributed by atoms with Gasteiger partial charge in [-0.05, 0) is 24.1 Å². The van der Waals surface area contributed by atoms with Gasteiger partial charge >= 0.3 is 0 Å². The minimum atomic E-state index is -0.236. The van der Waals surface area contributed by atoms with Crippen molar-refractivity contribution in [3.63, 3.8) is 0 Å². The Morgan fingerprint density at radius 2 is 1.70 bits per heavy atom. The molecule has 8 heteroatoms. The Hall–Kier alpha value is -3.52. The van der Waals surface area contributed by atoms with Crippen LogP contribution in [-0.4, -0.2) is 26.5 Å². The smallest absolute Gasteiger partial charge is 0.231 e. The van der Waals surface area contributed by atoms with Crippen LogP contribution in [0.2, 0.25) is 0 Å². The van der Waals surface area contributed by atoms with Crippen molar-refractivity contribution >= 4 is 17.7 Å². The van der Waals surface area contributed by atoms with Crippen LogP contribution in [0, 0.1) is 6.92 Å². The van der Waals surface area contributed by atoms with Crippen LogP contribution in [0.15, 0.2) is 82.6 Å². The monoisotopic (exact) mass is 419 g/mol. The van der Waals surface area contributed by atoms with E-state index in [4.69, 9.17) is 10.3 Å². The summed E-state index contributed by atoms with van der Waals surface area (Å²) in [6.45, 7) is 1.83. The van der Waals surface area contributed by atoms with Crippen LogP contribution in [0.4, 0.5) is 0 Å². The van der Waals surface area contributed by atoms with Crippen LogP contribution >= 0.6 is 11.8 Å². The number of hydrogen-bond donors (Lipinski definition) is 2. The zero-order valence-electron chi connectivity index (χ0n) is 16.4. The van der Waals surface area contributed by atoms with E-state index in [0.717, 1.165) is 16.7 Å². The third-order valence-corrected chi connectivity index (χ3v) is 5.61. The number of benzene rings is 2. The molecule has 0 saturated carbocycles. The lowest BCUT2D eigenvalue weighted by molar-refractivity contribution is -0.119. The van der Waals surface area contributed by atoms with Crippen LogP contribution in [0.5, 0.6) is 0 Å². The quantitative estimate of drug-likeness (QED) is 0.351. The number of thioether (sulfide) groups is 1. The lowest BCUT2D eigenvalue weighted by atomic mass is 9.99. The van der Waals surface area contributed by atoms with E-state index in [1.807, 2.05) is 67.6 Å². The fourth-order valence-electron chi connectivity index (χ4n) is 3.16. The summed E-state index contributed by atoms with van der Waals surface area (Å²) < 4.78 is 6.68. The van der Waals surface area contributed by atoms with Crippen molar-refractivity contribution in [3.8, 4) is 11.4 Å². The number of nitrogen functional groups attached to an aromatic ring is 1. The summed E-state index contributed by atoms with van der Waals surface area (Å²) in [6, 6.07) is 21.3. The van der Waals surface area contributed by atoms with Crippen LogP contribution in [0.1, 0.15) is 22.9 Å². The maximum absolute atomic E-state index is 12.7. The summed E-state index contributed by atoms with van der Waals surface area (Å²) in [7, 11) is 0. The van der Waals surface area contributed by atoms with Crippen molar-refractivity contribution in [3.05, 3.63) is 89.9 Å². The molecule has 0 spiro atoms. The van der Waals surface area contributed by atoms with Crippen molar-refractivity contribution in [2.75, 3.05) is 11.6 Å². The van der Waals surface area contributed by atoms with Crippen molar-refractivity contribution < 1.29 is 9.21 Å². The summed E-state index contributed by atoms with van der Waals surface area (Å²) in [6.07, 6.45) is 1.58. The second-order valence-corrected chi connectivity index (χ2v) is 7.62. The highest BCUT2D eigenvalue weighted by Crippen LogP contribution is 2.26. The lowest BCUT2D eigenvalue weighted by Gasteiger charge is -2.19. The molecule has 2 heterocycles. The van der Waals surface area contributed by atoms with Crippen molar-refractivity contribution in [1.82, 2.24) is 20.2 Å². The van der Waals surface area contributed by atoms with E-state index >= 15 is 0 Å². The first-order valence-electron chi connectivity index (χ1n) is 9.40. The second kappa shape index (κ2) is 8.87. The van der Waals surface area contributed by atoms with Crippen LogP contribution in [-0.2, 0) is 4.79 Å². The first kappa shape index (κ1) is 19.8. The molecule has 0 aliphatic rings. The molecule has 4 rings (SSSR count). The van der Waals surface area contributed by atoms with Gasteiger partial charge in [0, 0.05) is 0 Å². The highest BCUT2D eigenvalue weighted by atomic mass is 32.2. The van der Waals surface area contributed by atoms with Crippen molar-refractivity contribution in [2.45, 2.75) is 18.1 Å². The molecule has 152 valence electrons. The molecule has 1 amide bonds. The first-order valence-corrected chi connectivity index (χ1v) is 10.4. The molecule has 0 bridgehead atoms. The van der Waals surface area contributed by atoms with Gasteiger partial charge in [-0.3, -0.25) is 4.79 Å². The molecule has 3 N–H and O–H groups in total. The highest BCUT2D eigenvalue weighted by molar-refractivity contribution is 7.99. The first-order chi connectivity index (χ1) is 14.6. The van der Waals surface area contributed by atoms with E-state index in [-0.39, 0.29) is 17.7 Å². The van der Waals surface area contributed by atoms with E-state index in [9.17, 15) is 4.79 Å². The Labute approximate surface area is 178 Å². The maximum atomic E-state index is 12.7. The maximum Gasteiger partial charge on any atom is 0.231 e. The molecule has 4 aromatic rings. The zero-order chi connectivity index (χ0) is 20.9. The molecule has 30 heavy (non-hydrogen) atoms. The van der Waals surface area contributed by atoms with E-state index in [1.165, 1.54) is 16.4 Å². The summed E-state index contributed by atoms with van der Waals surface area (Å²) in [5.74, 6) is 7.37. The van der Waals surface area contributed by atoms with Gasteiger partial charge in [0.15, 0.2) is 5.82 Å². The van der Waals surface area contributed by atoms with Gasteiger partial charge in [0.1, 0.15) is 5.76 Å². The molecule has 2 aromatic carbocycles. The summed E-state index contributed by atoms with van der Waals surface area (Å²) in [4.78, 5) is 12.7. The molecule has 7 nitrogen and oxygen atoms in total. The Morgan fingerprint density at radius 1 is 1.07 bits per heavy atom. The number of hydrogen-bond acceptors (Lipinski definition) is 6. The number of carbonyl (C=O) groups is 1. The number of rotatable bonds is 7. The topological polar surface area (TPSA) is 99.0 Å². The molecular weight excluding hydrogens is 398 g/mol. The molecule has 2 aromatic heterocycles. The number of aryl methyl sites for hydroxylation is 1. The summed E-state index contributed by atoms with van der Waals surface area (Å²) in [5, 5.41) is 11.8. The van der Waals surface area contributed by atoms with Gasteiger partial charge in [-0.15, -0.1) is 10.2 Å². The number of aromatic nitrogens is 3. The van der Waals surface area contributed by atoms with Gasteiger partial charge in [-0.25, -0.2) is 4.68 Å². The van der Waals surface area contributed by atoms with Crippen LogP contribution in [0.25, 0.3) is 11.4 Å². The second-order valence-electron chi connectivity index (χ2n) is 6.68. The number of nitrogens with two attached hydrogens (primary N) is 1. The zero-order valence-corrected chi connectivity index (χ0v) is 17.2. The largest absolute Gasteiger partial charge is 0.469 e. The molecular formula is C22H21N5O2S. The third-order valence-electron chi connectivity index (χ3n) is 4.67. The lowest BCUT2D eigenvalue weighted by Crippen LogP contribution is -2.30. The van der Waals surface area contributed by atoms with Gasteiger partial charge in [0.25, 0.3) is 0 Å². The van der Waals surface area contributed by atoms with Gasteiger partial charge in [-0.1, -0.05) is 72.4 Å². The number of nitrogens with one attached hydrogen (secondary N) is 1. The molecule has 0 aliphatic carbocycles. The molecule has 0 radical (unpaired) electrons. The van der Waals surface area contributed by atoms with Gasteiger partial charge < -0.3 is 15.6 Å². The Kier molecular flexibility index (Phi) is 5.85. The molecule has 0 aliphatic heterocycles. The van der Waals surface area contributed by atoms with E-state index < -0.39 is 0 Å². The minimum Gasteiger partial charge on any atom is -0.469 e. The molecule has 0 atom stereocenters. The van der Waals surface area contributed by atoms with Gasteiger partial charge in [-0.2, -0.15) is 0 Å². The fraction of sp³-hybridized carbons (Fsp3) is 0.136. The number of carbonyl (C=O) groups excluding carboxylic acids is 1. The van der Waals surface area contributed by atoms with Crippen molar-refractivity contribution in [2.24, 2.45) is 0 Å². The number of amides is 1. The fourth-order valence-corrected chi connectivity index (χ4v) is 3.83. The Bertz CT molecular complexity index is 1090. The molecule has 0 fully saturated rings. The molecule has 0 saturated heterocycles. The summed E-state index contributed by atoms with van der Waals surface area (Å²) in [5.41, 5.74) is 2.80. The van der Waals surface area contributed by atoms with E-state index in [1.54, 1.807) is 12.3 Å². The SMILES string of the molecule is Cc1occc1-c1nnc(SCC(=O)NC(c2ccccc2)c2ccccc2)n1N. The average molecular weight is 420 g/mol. The minimum absolute atomic E-state index is 0.123. The van der Waals surface area contributed by atoms with Gasteiger partial charge in [0.05, 0.1) is 23.6 Å². The number of nitrogens with zero attached hydrogens (tertiary/aromatic N) is 3. The predicted molar refractivity (Wildman–Crippen MR) is 116 cm³/mol. The summed E-state index contributed by atoms with van der Waals surface area (Å²) >= 11 is 1.23. The Morgan fingerprint density at radius 3 is 2.27 bits per heavy atom. The van der Waals surface area contributed by atoms with Crippen LogP contribution < -0.4 is 11.2 Å². The molecule has 0 unspecified atom stereocenters. The normalized spacial score (nSPS) is 11.0. The van der Waals surface area contributed by atoms with E-state index in [0.29, 0.717) is 16.7 Å². The highest BCUT2D eigenvalue weighted by Gasteiger charge is 2.19. The van der Waals surface area contributed by atoms with Crippen LogP contribution in [0.3, 0.4) is 0 Å². The Balaban J connectivity index is 1.46. The number of furan rings is 1. The average Bonchev–Trinajstić information content (AvgIpc) is 3.36. The van der Waals surface area contributed by atoms with Crippen molar-refractivity contribution in [1.29, 1.82) is 0 Å². The standard InChI is InChI=1S/C22H21N5O2S/c1-15-18(12-13-29-15)21-25-26-22(27(21)23)30-14-19(28)24-20(16-8-4-2-5-9-16)17-10-6-3-7-11-17/h2-13,20H,14,23H2,1H3,(H,24,28). The van der Waals surface area contributed by atoms with Gasteiger partial charge in [0.2, 0.25) is 11.1 Å². The predicted octanol–water partition coefficient (Wildman–Crippen LogP) is 3.56.